The predicted octanol–water partition coefficient (Wildman–Crippen LogP) is 1.71. The van der Waals surface area contributed by atoms with Crippen LogP contribution in [0.3, 0.4) is 0 Å². The predicted molar refractivity (Wildman–Crippen MR) is 79.3 cm³/mol. The quantitative estimate of drug-likeness (QED) is 0.864. The van der Waals surface area contributed by atoms with E-state index in [0.717, 1.165) is 36.6 Å². The number of nitrogens with zero attached hydrogens (tertiary/aromatic N) is 4. The fourth-order valence-corrected chi connectivity index (χ4v) is 3.34. The van der Waals surface area contributed by atoms with Gasteiger partial charge >= 0.3 is 0 Å². The van der Waals surface area contributed by atoms with Crippen LogP contribution < -0.4 is 0 Å². The maximum atomic E-state index is 12.4. The maximum Gasteiger partial charge on any atom is 0.264 e. The van der Waals surface area contributed by atoms with Gasteiger partial charge in [-0.3, -0.25) is 9.69 Å². The van der Waals surface area contributed by atoms with Crippen LogP contribution in [0.1, 0.15) is 27.0 Å². The highest BCUT2D eigenvalue weighted by atomic mass is 32.1. The molecule has 0 atom stereocenters. The SMILES string of the molecule is Cc1nc(CN2CCN(C(=O)c3sccc3C)CC2)no1. The average Bonchev–Trinajstić information content (AvgIpc) is 3.08. The number of hydrogen-bond donors (Lipinski definition) is 0. The molecule has 3 heterocycles. The number of rotatable bonds is 3. The van der Waals surface area contributed by atoms with E-state index in [2.05, 4.69) is 15.0 Å². The Labute approximate surface area is 127 Å². The van der Waals surface area contributed by atoms with Crippen LogP contribution in [0.25, 0.3) is 0 Å². The fourth-order valence-electron chi connectivity index (χ4n) is 2.45. The zero-order chi connectivity index (χ0) is 14.8. The Morgan fingerprint density at radius 2 is 2.10 bits per heavy atom. The fraction of sp³-hybridized carbons (Fsp3) is 0.500. The topological polar surface area (TPSA) is 62.5 Å². The first-order chi connectivity index (χ1) is 10.1. The summed E-state index contributed by atoms with van der Waals surface area (Å²) in [5.74, 6) is 1.45. The minimum atomic E-state index is 0.151. The second-order valence-corrected chi connectivity index (χ2v) is 6.15. The van der Waals surface area contributed by atoms with Crippen LogP contribution in [0.15, 0.2) is 16.0 Å². The van der Waals surface area contributed by atoms with E-state index in [1.165, 1.54) is 11.3 Å². The van der Waals surface area contributed by atoms with Crippen LogP contribution in [-0.2, 0) is 6.54 Å². The molecule has 6 nitrogen and oxygen atoms in total. The van der Waals surface area contributed by atoms with Crippen LogP contribution in [-0.4, -0.2) is 52.0 Å². The molecule has 0 spiro atoms. The summed E-state index contributed by atoms with van der Waals surface area (Å²) in [5, 5.41) is 5.88. The molecule has 1 aliphatic rings. The molecule has 2 aromatic heterocycles. The lowest BCUT2D eigenvalue weighted by molar-refractivity contribution is 0.0628. The number of piperazine rings is 1. The molecule has 0 radical (unpaired) electrons. The average molecular weight is 306 g/mol. The Morgan fingerprint density at radius 1 is 1.33 bits per heavy atom. The van der Waals surface area contributed by atoms with Gasteiger partial charge in [-0.15, -0.1) is 11.3 Å². The first kappa shape index (κ1) is 14.2. The highest BCUT2D eigenvalue weighted by Crippen LogP contribution is 2.19. The van der Waals surface area contributed by atoms with E-state index in [-0.39, 0.29) is 5.91 Å². The molecule has 0 aromatic carbocycles. The molecule has 0 aliphatic carbocycles. The molecule has 1 amide bonds. The molecule has 0 saturated carbocycles. The van der Waals surface area contributed by atoms with Crippen molar-refractivity contribution < 1.29 is 9.32 Å². The van der Waals surface area contributed by atoms with Crippen molar-refractivity contribution in [1.29, 1.82) is 0 Å². The van der Waals surface area contributed by atoms with E-state index < -0.39 is 0 Å². The Bertz CT molecular complexity index is 628. The number of hydrogen-bond acceptors (Lipinski definition) is 6. The first-order valence-electron chi connectivity index (χ1n) is 6.98. The molecule has 0 N–H and O–H groups in total. The standard InChI is InChI=1S/C14H18N4O2S/c1-10-3-8-21-13(10)14(19)18-6-4-17(5-7-18)9-12-15-11(2)20-16-12/h3,8H,4-7,9H2,1-2H3. The van der Waals surface area contributed by atoms with E-state index in [1.807, 2.05) is 23.3 Å². The van der Waals surface area contributed by atoms with Crippen molar-refractivity contribution in [3.8, 4) is 0 Å². The molecule has 7 heteroatoms. The molecular weight excluding hydrogens is 288 g/mol. The van der Waals surface area contributed by atoms with Crippen LogP contribution in [0.5, 0.6) is 0 Å². The summed E-state index contributed by atoms with van der Waals surface area (Å²) in [6.07, 6.45) is 0. The van der Waals surface area contributed by atoms with E-state index in [1.54, 1.807) is 6.92 Å². The number of amides is 1. The molecule has 1 fully saturated rings. The third-order valence-electron chi connectivity index (χ3n) is 3.65. The molecular formula is C14H18N4O2S. The van der Waals surface area contributed by atoms with E-state index in [9.17, 15) is 4.79 Å². The van der Waals surface area contributed by atoms with Gasteiger partial charge in [0.05, 0.1) is 11.4 Å². The number of thiophene rings is 1. The zero-order valence-corrected chi connectivity index (χ0v) is 13.0. The van der Waals surface area contributed by atoms with Crippen molar-refractivity contribution in [3.05, 3.63) is 33.6 Å². The van der Waals surface area contributed by atoms with Crippen molar-refractivity contribution in [2.45, 2.75) is 20.4 Å². The molecule has 112 valence electrons. The lowest BCUT2D eigenvalue weighted by Crippen LogP contribution is -2.48. The largest absolute Gasteiger partial charge is 0.340 e. The summed E-state index contributed by atoms with van der Waals surface area (Å²) < 4.78 is 4.98. The number of aryl methyl sites for hydroxylation is 2. The van der Waals surface area contributed by atoms with Gasteiger partial charge in [0.25, 0.3) is 5.91 Å². The summed E-state index contributed by atoms with van der Waals surface area (Å²) in [7, 11) is 0. The lowest BCUT2D eigenvalue weighted by Gasteiger charge is -2.33. The second-order valence-electron chi connectivity index (χ2n) is 5.23. The summed E-state index contributed by atoms with van der Waals surface area (Å²) in [4.78, 5) is 21.7. The van der Waals surface area contributed by atoms with Crippen molar-refractivity contribution >= 4 is 17.2 Å². The van der Waals surface area contributed by atoms with Crippen LogP contribution >= 0.6 is 11.3 Å². The number of carbonyl (C=O) groups is 1. The minimum Gasteiger partial charge on any atom is -0.340 e. The van der Waals surface area contributed by atoms with Crippen molar-refractivity contribution in [2.75, 3.05) is 26.2 Å². The Kier molecular flexibility index (Phi) is 4.03. The normalized spacial score (nSPS) is 16.4. The van der Waals surface area contributed by atoms with Crippen LogP contribution in [0.4, 0.5) is 0 Å². The van der Waals surface area contributed by atoms with Gasteiger partial charge in [0.2, 0.25) is 5.89 Å². The summed E-state index contributed by atoms with van der Waals surface area (Å²) in [6, 6.07) is 1.99. The van der Waals surface area contributed by atoms with Gasteiger partial charge in [0, 0.05) is 33.1 Å². The number of aromatic nitrogens is 2. The molecule has 3 rings (SSSR count). The molecule has 0 bridgehead atoms. The van der Waals surface area contributed by atoms with Crippen molar-refractivity contribution in [1.82, 2.24) is 19.9 Å². The summed E-state index contributed by atoms with van der Waals surface area (Å²) in [6.45, 7) is 7.61. The smallest absolute Gasteiger partial charge is 0.264 e. The van der Waals surface area contributed by atoms with Crippen LogP contribution in [0, 0.1) is 13.8 Å². The Balaban J connectivity index is 1.55. The van der Waals surface area contributed by atoms with Gasteiger partial charge in [-0.05, 0) is 23.9 Å². The van der Waals surface area contributed by atoms with Crippen molar-refractivity contribution in [2.24, 2.45) is 0 Å². The van der Waals surface area contributed by atoms with Crippen molar-refractivity contribution in [3.63, 3.8) is 0 Å². The molecule has 2 aromatic rings. The van der Waals surface area contributed by atoms with Crippen LogP contribution in [0.2, 0.25) is 0 Å². The van der Waals surface area contributed by atoms with Gasteiger partial charge in [-0.1, -0.05) is 5.16 Å². The van der Waals surface area contributed by atoms with Gasteiger partial charge in [-0.2, -0.15) is 4.98 Å². The van der Waals surface area contributed by atoms with Gasteiger partial charge in [-0.25, -0.2) is 0 Å². The zero-order valence-electron chi connectivity index (χ0n) is 12.2. The second kappa shape index (κ2) is 5.95. The minimum absolute atomic E-state index is 0.151. The maximum absolute atomic E-state index is 12.4. The number of carbonyl (C=O) groups excluding carboxylic acids is 1. The highest BCUT2D eigenvalue weighted by Gasteiger charge is 2.24. The van der Waals surface area contributed by atoms with Gasteiger partial charge in [0.1, 0.15) is 0 Å². The summed E-state index contributed by atoms with van der Waals surface area (Å²) in [5.41, 5.74) is 1.06. The molecule has 21 heavy (non-hydrogen) atoms. The lowest BCUT2D eigenvalue weighted by atomic mass is 10.2. The van der Waals surface area contributed by atoms with Gasteiger partial charge < -0.3 is 9.42 Å². The molecule has 0 unspecified atom stereocenters. The molecule has 1 aliphatic heterocycles. The Hall–Kier alpha value is -1.73. The highest BCUT2D eigenvalue weighted by molar-refractivity contribution is 7.12. The summed E-state index contributed by atoms with van der Waals surface area (Å²) >= 11 is 1.52. The monoisotopic (exact) mass is 306 g/mol. The molecule has 1 saturated heterocycles. The van der Waals surface area contributed by atoms with Gasteiger partial charge in [0.15, 0.2) is 5.82 Å². The third kappa shape index (κ3) is 3.14. The van der Waals surface area contributed by atoms with E-state index in [4.69, 9.17) is 4.52 Å². The third-order valence-corrected chi connectivity index (χ3v) is 4.65. The first-order valence-corrected chi connectivity index (χ1v) is 7.86. The van der Waals surface area contributed by atoms with E-state index in [0.29, 0.717) is 18.3 Å². The van der Waals surface area contributed by atoms with E-state index >= 15 is 0 Å². The Morgan fingerprint density at radius 3 is 2.67 bits per heavy atom.